The van der Waals surface area contributed by atoms with Gasteiger partial charge in [0.05, 0.1) is 12.0 Å². The molecule has 1 amide bonds. The maximum absolute atomic E-state index is 11.8. The van der Waals surface area contributed by atoms with Gasteiger partial charge in [-0.05, 0) is 31.3 Å². The first kappa shape index (κ1) is 13.6. The second-order valence-electron chi connectivity index (χ2n) is 4.12. The van der Waals surface area contributed by atoms with Crippen molar-refractivity contribution in [1.82, 2.24) is 14.9 Å². The number of carbonyl (C=O) groups excluding carboxylic acids is 1. The Hall–Kier alpha value is -1.85. The van der Waals surface area contributed by atoms with E-state index in [1.165, 1.54) is 0 Å². The van der Waals surface area contributed by atoms with Crippen LogP contribution in [-0.4, -0.2) is 22.5 Å². The number of imidazole rings is 1. The Morgan fingerprint density at radius 3 is 2.79 bits per heavy atom. The molecule has 0 aliphatic rings. The molecule has 5 nitrogen and oxygen atoms in total. The van der Waals surface area contributed by atoms with Crippen LogP contribution in [0.15, 0.2) is 36.8 Å². The largest absolute Gasteiger partial charge is 0.328 e. The number of benzene rings is 1. The van der Waals surface area contributed by atoms with Crippen LogP contribution in [0.3, 0.4) is 0 Å². The number of carbonyl (C=O) groups is 1. The Labute approximate surface area is 116 Å². The Morgan fingerprint density at radius 2 is 2.11 bits per heavy atom. The molecule has 1 heterocycles. The zero-order chi connectivity index (χ0) is 13.7. The Kier molecular flexibility index (Phi) is 4.54. The van der Waals surface area contributed by atoms with Crippen molar-refractivity contribution in [3.63, 3.8) is 0 Å². The summed E-state index contributed by atoms with van der Waals surface area (Å²) in [4.78, 5) is 16.0. The average molecular weight is 279 g/mol. The molecule has 0 saturated carbocycles. The number of nitrogens with one attached hydrogen (secondary N) is 2. The predicted octanol–water partition coefficient (Wildman–Crippen LogP) is 1.89. The molecule has 0 aliphatic carbocycles. The number of halogens is 1. The molecular weight excluding hydrogens is 264 g/mol. The van der Waals surface area contributed by atoms with E-state index in [0.29, 0.717) is 11.6 Å². The van der Waals surface area contributed by atoms with Gasteiger partial charge in [0.1, 0.15) is 6.54 Å². The fourth-order valence-corrected chi connectivity index (χ4v) is 1.79. The highest BCUT2D eigenvalue weighted by molar-refractivity contribution is 6.30. The van der Waals surface area contributed by atoms with Gasteiger partial charge in [0.15, 0.2) is 0 Å². The molecule has 0 bridgehead atoms. The van der Waals surface area contributed by atoms with Crippen molar-refractivity contribution in [2.24, 2.45) is 0 Å². The van der Waals surface area contributed by atoms with Gasteiger partial charge in [-0.3, -0.25) is 4.79 Å². The first-order valence-electron chi connectivity index (χ1n) is 5.88. The van der Waals surface area contributed by atoms with Crippen LogP contribution in [0.1, 0.15) is 5.69 Å². The summed E-state index contributed by atoms with van der Waals surface area (Å²) in [6.45, 7) is 0.922. The van der Waals surface area contributed by atoms with E-state index in [-0.39, 0.29) is 12.5 Å². The van der Waals surface area contributed by atoms with Crippen LogP contribution in [-0.2, 0) is 17.9 Å². The van der Waals surface area contributed by atoms with Crippen molar-refractivity contribution in [3.05, 3.63) is 47.5 Å². The zero-order valence-corrected chi connectivity index (χ0v) is 11.3. The molecule has 2 aromatic rings. The first-order chi connectivity index (χ1) is 9.17. The highest BCUT2D eigenvalue weighted by Crippen LogP contribution is 2.13. The average Bonchev–Trinajstić information content (AvgIpc) is 2.80. The summed E-state index contributed by atoms with van der Waals surface area (Å²) in [5.74, 6) is -0.101. The number of hydrogen-bond donors (Lipinski definition) is 2. The third kappa shape index (κ3) is 4.08. The predicted molar refractivity (Wildman–Crippen MR) is 75.1 cm³/mol. The summed E-state index contributed by atoms with van der Waals surface area (Å²) >= 11 is 5.78. The van der Waals surface area contributed by atoms with E-state index >= 15 is 0 Å². The summed E-state index contributed by atoms with van der Waals surface area (Å²) in [5.41, 5.74) is 1.63. The van der Waals surface area contributed by atoms with E-state index in [1.54, 1.807) is 35.2 Å². The molecule has 0 spiro atoms. The number of hydrogen-bond acceptors (Lipinski definition) is 3. The second kappa shape index (κ2) is 6.36. The lowest BCUT2D eigenvalue weighted by Gasteiger charge is -2.05. The molecule has 0 fully saturated rings. The molecule has 6 heteroatoms. The van der Waals surface area contributed by atoms with Crippen LogP contribution in [0.4, 0.5) is 5.69 Å². The van der Waals surface area contributed by atoms with Gasteiger partial charge < -0.3 is 15.2 Å². The van der Waals surface area contributed by atoms with E-state index in [0.717, 1.165) is 11.4 Å². The Bertz CT molecular complexity index is 550. The zero-order valence-electron chi connectivity index (χ0n) is 10.6. The van der Waals surface area contributed by atoms with E-state index < -0.39 is 0 Å². The minimum absolute atomic E-state index is 0.101. The minimum Gasteiger partial charge on any atom is -0.328 e. The lowest BCUT2D eigenvalue weighted by molar-refractivity contribution is -0.116. The molecule has 0 unspecified atom stereocenters. The van der Waals surface area contributed by atoms with Crippen molar-refractivity contribution in [2.45, 2.75) is 13.1 Å². The molecular formula is C13H15ClN4O. The highest BCUT2D eigenvalue weighted by Gasteiger charge is 2.05. The smallest absolute Gasteiger partial charge is 0.244 e. The lowest BCUT2D eigenvalue weighted by Crippen LogP contribution is -2.17. The van der Waals surface area contributed by atoms with Gasteiger partial charge >= 0.3 is 0 Å². The highest BCUT2D eigenvalue weighted by atomic mass is 35.5. The number of anilines is 1. The van der Waals surface area contributed by atoms with Gasteiger partial charge in [-0.1, -0.05) is 11.6 Å². The maximum atomic E-state index is 11.8. The van der Waals surface area contributed by atoms with Gasteiger partial charge in [0.2, 0.25) is 5.91 Å². The number of rotatable bonds is 5. The lowest BCUT2D eigenvalue weighted by atomic mass is 10.3. The summed E-state index contributed by atoms with van der Waals surface area (Å²) in [6.07, 6.45) is 3.49. The summed E-state index contributed by atoms with van der Waals surface area (Å²) in [5, 5.41) is 6.45. The monoisotopic (exact) mass is 278 g/mol. The van der Waals surface area contributed by atoms with Gasteiger partial charge in [0, 0.05) is 23.5 Å². The molecule has 0 saturated heterocycles. The van der Waals surface area contributed by atoms with Crippen LogP contribution < -0.4 is 10.6 Å². The van der Waals surface area contributed by atoms with Crippen LogP contribution in [0.25, 0.3) is 0 Å². The molecule has 2 N–H and O–H groups in total. The van der Waals surface area contributed by atoms with E-state index in [1.807, 2.05) is 13.2 Å². The Morgan fingerprint density at radius 1 is 1.37 bits per heavy atom. The van der Waals surface area contributed by atoms with Crippen molar-refractivity contribution >= 4 is 23.2 Å². The van der Waals surface area contributed by atoms with E-state index in [4.69, 9.17) is 11.6 Å². The fraction of sp³-hybridized carbons (Fsp3) is 0.231. The van der Waals surface area contributed by atoms with E-state index in [2.05, 4.69) is 15.6 Å². The number of nitrogens with zero attached hydrogens (tertiary/aromatic N) is 2. The molecule has 0 aliphatic heterocycles. The molecule has 100 valence electrons. The number of amides is 1. The van der Waals surface area contributed by atoms with Crippen molar-refractivity contribution in [2.75, 3.05) is 12.4 Å². The normalized spacial score (nSPS) is 10.4. The second-order valence-corrected chi connectivity index (χ2v) is 4.56. The van der Waals surface area contributed by atoms with Crippen molar-refractivity contribution in [3.8, 4) is 0 Å². The third-order valence-corrected chi connectivity index (χ3v) is 2.75. The van der Waals surface area contributed by atoms with Crippen molar-refractivity contribution in [1.29, 1.82) is 0 Å². The molecule has 0 atom stereocenters. The topological polar surface area (TPSA) is 59.0 Å². The molecule has 1 aromatic carbocycles. The fourth-order valence-electron chi connectivity index (χ4n) is 1.66. The van der Waals surface area contributed by atoms with E-state index in [9.17, 15) is 4.79 Å². The van der Waals surface area contributed by atoms with Gasteiger partial charge in [-0.2, -0.15) is 0 Å². The van der Waals surface area contributed by atoms with Crippen LogP contribution in [0, 0.1) is 0 Å². The van der Waals surface area contributed by atoms with Crippen LogP contribution >= 0.6 is 11.6 Å². The standard InChI is InChI=1S/C13H15ClN4O/c1-15-6-12-7-18(9-16-12)8-13(19)17-11-4-2-10(14)3-5-11/h2-5,7,9,15H,6,8H2,1H3,(H,17,19). The maximum Gasteiger partial charge on any atom is 0.244 e. The number of aromatic nitrogens is 2. The van der Waals surface area contributed by atoms with Gasteiger partial charge in [-0.15, -0.1) is 0 Å². The molecule has 2 rings (SSSR count). The Balaban J connectivity index is 1.91. The van der Waals surface area contributed by atoms with Gasteiger partial charge in [0.25, 0.3) is 0 Å². The van der Waals surface area contributed by atoms with Crippen LogP contribution in [0.5, 0.6) is 0 Å². The van der Waals surface area contributed by atoms with Gasteiger partial charge in [-0.25, -0.2) is 4.98 Å². The quantitative estimate of drug-likeness (QED) is 0.878. The minimum atomic E-state index is -0.101. The first-order valence-corrected chi connectivity index (χ1v) is 6.26. The molecule has 1 aromatic heterocycles. The van der Waals surface area contributed by atoms with Crippen LogP contribution in [0.2, 0.25) is 5.02 Å². The third-order valence-electron chi connectivity index (χ3n) is 2.50. The summed E-state index contributed by atoms with van der Waals surface area (Å²) in [6, 6.07) is 7.00. The molecule has 19 heavy (non-hydrogen) atoms. The summed E-state index contributed by atoms with van der Waals surface area (Å²) in [7, 11) is 1.85. The SMILES string of the molecule is CNCc1cn(CC(=O)Nc2ccc(Cl)cc2)cn1. The van der Waals surface area contributed by atoms with Crippen molar-refractivity contribution < 1.29 is 4.79 Å². The summed E-state index contributed by atoms with van der Waals surface area (Å²) < 4.78 is 1.75. The molecule has 0 radical (unpaired) electrons.